The molecule has 0 aromatic carbocycles. The van der Waals surface area contributed by atoms with E-state index in [1.54, 1.807) is 0 Å². The Morgan fingerprint density at radius 1 is 0.444 bits per heavy atom. The summed E-state index contributed by atoms with van der Waals surface area (Å²) in [7, 11) is 0. The van der Waals surface area contributed by atoms with Gasteiger partial charge in [0.25, 0.3) is 0 Å². The van der Waals surface area contributed by atoms with Crippen LogP contribution in [0.25, 0.3) is 0 Å². The number of rotatable bonds is 52. The van der Waals surface area contributed by atoms with Crippen LogP contribution in [0.4, 0.5) is 0 Å². The number of esters is 1. The topological polar surface area (TPSA) is 95.9 Å². The number of nitrogens with one attached hydrogen (secondary N) is 1. The number of amides is 1. The van der Waals surface area contributed by atoms with Crippen molar-refractivity contribution in [1.82, 2.24) is 5.32 Å². The van der Waals surface area contributed by atoms with Crippen LogP contribution in [0.5, 0.6) is 0 Å². The quantitative estimate of drug-likeness (QED) is 0.0321. The second-order valence-electron chi connectivity index (χ2n) is 19.3. The van der Waals surface area contributed by atoms with E-state index in [-0.39, 0.29) is 18.5 Å². The minimum absolute atomic E-state index is 0.0158. The smallest absolute Gasteiger partial charge is 0.305 e. The summed E-state index contributed by atoms with van der Waals surface area (Å²) in [4.78, 5) is 24.5. The number of aliphatic hydroxyl groups is 2. The summed E-state index contributed by atoms with van der Waals surface area (Å²) < 4.78 is 5.46. The molecule has 6 nitrogen and oxygen atoms in total. The molecule has 0 aliphatic rings. The highest BCUT2D eigenvalue weighted by Gasteiger charge is 2.20. The largest absolute Gasteiger partial charge is 0.466 e. The van der Waals surface area contributed by atoms with Crippen LogP contribution in [0.3, 0.4) is 0 Å². The fraction of sp³-hybridized carbons (Fsp3) is 0.895. The zero-order valence-electron chi connectivity index (χ0n) is 42.3. The predicted octanol–water partition coefficient (Wildman–Crippen LogP) is 17.1. The molecule has 1 amide bonds. The molecule has 0 aromatic heterocycles. The number of ether oxygens (including phenoxy) is 1. The van der Waals surface area contributed by atoms with E-state index < -0.39 is 12.1 Å². The van der Waals surface area contributed by atoms with Gasteiger partial charge in [-0.15, -0.1) is 0 Å². The second-order valence-corrected chi connectivity index (χ2v) is 19.3. The molecule has 0 heterocycles. The average Bonchev–Trinajstić information content (AvgIpc) is 3.28. The van der Waals surface area contributed by atoms with Gasteiger partial charge in [0.2, 0.25) is 5.91 Å². The Morgan fingerprint density at radius 3 is 1.24 bits per heavy atom. The lowest BCUT2D eigenvalue weighted by molar-refractivity contribution is -0.143. The summed E-state index contributed by atoms with van der Waals surface area (Å²) in [5, 5.41) is 23.3. The molecule has 372 valence electrons. The molecule has 0 aliphatic heterocycles. The van der Waals surface area contributed by atoms with Crippen molar-refractivity contribution in [3.05, 3.63) is 24.3 Å². The highest BCUT2D eigenvalue weighted by atomic mass is 16.5. The number of allylic oxidation sites excluding steroid dienone is 4. The summed E-state index contributed by atoms with van der Waals surface area (Å²) in [6, 6.07) is -0.550. The van der Waals surface area contributed by atoms with Crippen LogP contribution in [-0.2, 0) is 14.3 Å². The van der Waals surface area contributed by atoms with E-state index in [0.717, 1.165) is 57.8 Å². The van der Waals surface area contributed by atoms with Crippen molar-refractivity contribution in [1.29, 1.82) is 0 Å². The molecule has 0 spiro atoms. The molecular weight excluding hydrogens is 779 g/mol. The van der Waals surface area contributed by atoms with Crippen LogP contribution < -0.4 is 5.32 Å². The minimum atomic E-state index is -0.672. The Labute approximate surface area is 392 Å². The molecule has 0 radical (unpaired) electrons. The normalized spacial score (nSPS) is 12.8. The lowest BCUT2D eigenvalue weighted by Crippen LogP contribution is -2.45. The van der Waals surface area contributed by atoms with E-state index in [1.807, 2.05) is 0 Å². The van der Waals surface area contributed by atoms with Crippen molar-refractivity contribution < 1.29 is 24.5 Å². The third-order valence-corrected chi connectivity index (χ3v) is 13.0. The van der Waals surface area contributed by atoms with Gasteiger partial charge >= 0.3 is 5.97 Å². The number of hydrogen-bond donors (Lipinski definition) is 3. The van der Waals surface area contributed by atoms with Gasteiger partial charge in [-0.2, -0.15) is 0 Å². The first-order valence-corrected chi connectivity index (χ1v) is 28.1. The van der Waals surface area contributed by atoms with Crippen molar-refractivity contribution in [2.24, 2.45) is 0 Å². The van der Waals surface area contributed by atoms with E-state index >= 15 is 0 Å². The summed E-state index contributed by atoms with van der Waals surface area (Å²) in [5.74, 6) is -0.0601. The van der Waals surface area contributed by atoms with E-state index in [0.29, 0.717) is 25.9 Å². The van der Waals surface area contributed by atoms with Gasteiger partial charge in [-0.05, 0) is 57.8 Å². The van der Waals surface area contributed by atoms with Gasteiger partial charge in [-0.1, -0.05) is 256 Å². The van der Waals surface area contributed by atoms with Crippen molar-refractivity contribution in [2.75, 3.05) is 13.2 Å². The fourth-order valence-electron chi connectivity index (χ4n) is 8.67. The van der Waals surface area contributed by atoms with Gasteiger partial charge in [0.15, 0.2) is 0 Å². The van der Waals surface area contributed by atoms with Crippen LogP contribution >= 0.6 is 0 Å². The van der Waals surface area contributed by atoms with Gasteiger partial charge in [-0.25, -0.2) is 0 Å². The summed E-state index contributed by atoms with van der Waals surface area (Å²) >= 11 is 0. The van der Waals surface area contributed by atoms with Gasteiger partial charge < -0.3 is 20.3 Å². The summed E-state index contributed by atoms with van der Waals surface area (Å²) in [5.41, 5.74) is 0. The Kier molecular flexibility index (Phi) is 51.6. The highest BCUT2D eigenvalue weighted by molar-refractivity contribution is 5.76. The van der Waals surface area contributed by atoms with Crippen LogP contribution in [0.1, 0.15) is 303 Å². The summed E-state index contributed by atoms with van der Waals surface area (Å²) in [6.45, 7) is 4.91. The maximum absolute atomic E-state index is 12.5. The number of carbonyl (C=O) groups is 2. The second kappa shape index (κ2) is 53.0. The Balaban J connectivity index is 3.45. The Hall–Kier alpha value is -1.66. The van der Waals surface area contributed by atoms with E-state index in [4.69, 9.17) is 4.74 Å². The predicted molar refractivity (Wildman–Crippen MR) is 273 cm³/mol. The first-order valence-electron chi connectivity index (χ1n) is 28.1. The minimum Gasteiger partial charge on any atom is -0.466 e. The van der Waals surface area contributed by atoms with E-state index in [9.17, 15) is 19.8 Å². The van der Waals surface area contributed by atoms with Gasteiger partial charge in [-0.3, -0.25) is 9.59 Å². The molecule has 0 bridgehead atoms. The lowest BCUT2D eigenvalue weighted by Gasteiger charge is -2.22. The number of aliphatic hydroxyl groups excluding tert-OH is 2. The van der Waals surface area contributed by atoms with Crippen LogP contribution in [0, 0.1) is 0 Å². The molecule has 63 heavy (non-hydrogen) atoms. The molecule has 2 atom stereocenters. The molecule has 0 aromatic rings. The highest BCUT2D eigenvalue weighted by Crippen LogP contribution is 2.17. The maximum atomic E-state index is 12.5. The third-order valence-electron chi connectivity index (χ3n) is 13.0. The Bertz CT molecular complexity index is 982. The SMILES string of the molecule is CCCCC/C=C\C/C=C\CCCCCCCC(=O)OCCCCCCCCCCCCCCCCC(=O)NC(CO)C(O)CCCCCCCCCCCCCCCCCCC. The maximum Gasteiger partial charge on any atom is 0.305 e. The van der Waals surface area contributed by atoms with Crippen LogP contribution in [0.15, 0.2) is 24.3 Å². The zero-order chi connectivity index (χ0) is 45.8. The van der Waals surface area contributed by atoms with Crippen molar-refractivity contribution in [3.63, 3.8) is 0 Å². The van der Waals surface area contributed by atoms with Crippen molar-refractivity contribution >= 4 is 11.9 Å². The first-order chi connectivity index (χ1) is 31.0. The molecule has 3 N–H and O–H groups in total. The number of hydrogen-bond acceptors (Lipinski definition) is 5. The molecule has 0 rings (SSSR count). The molecule has 0 fully saturated rings. The van der Waals surface area contributed by atoms with E-state index in [1.165, 1.54) is 212 Å². The Morgan fingerprint density at radius 2 is 0.794 bits per heavy atom. The van der Waals surface area contributed by atoms with Gasteiger partial charge in [0.1, 0.15) is 0 Å². The number of unbranched alkanes of at least 4 members (excludes halogenated alkanes) is 37. The molecule has 0 aliphatic carbocycles. The average molecular weight is 889 g/mol. The van der Waals surface area contributed by atoms with Gasteiger partial charge in [0.05, 0.1) is 25.4 Å². The molecule has 6 heteroatoms. The third kappa shape index (κ3) is 49.6. The first kappa shape index (κ1) is 61.3. The van der Waals surface area contributed by atoms with Crippen LogP contribution in [0.2, 0.25) is 0 Å². The standard InChI is InChI=1S/C57H109NO5/c1-3-5-7-9-11-13-15-17-19-20-22-25-29-33-37-41-45-49-55(60)54(53-59)58-56(61)50-46-42-38-34-30-26-23-24-28-32-36-40-44-48-52-63-57(62)51-47-43-39-35-31-27-21-18-16-14-12-10-8-6-4-2/h12,14,18,21,54-55,59-60H,3-11,13,15-17,19-20,22-53H2,1-2H3,(H,58,61)/b14-12-,21-18-. The van der Waals surface area contributed by atoms with Gasteiger partial charge in [0, 0.05) is 12.8 Å². The monoisotopic (exact) mass is 888 g/mol. The van der Waals surface area contributed by atoms with Crippen molar-refractivity contribution in [2.45, 2.75) is 315 Å². The molecular formula is C57H109NO5. The molecule has 0 saturated carbocycles. The zero-order valence-corrected chi connectivity index (χ0v) is 42.3. The number of carbonyl (C=O) groups excluding carboxylic acids is 2. The lowest BCUT2D eigenvalue weighted by atomic mass is 10.0. The van der Waals surface area contributed by atoms with E-state index in [2.05, 4.69) is 43.5 Å². The molecule has 0 saturated heterocycles. The summed E-state index contributed by atoms with van der Waals surface area (Å²) in [6.07, 6.45) is 62.9. The van der Waals surface area contributed by atoms with Crippen molar-refractivity contribution in [3.8, 4) is 0 Å². The fourth-order valence-corrected chi connectivity index (χ4v) is 8.67. The molecule has 2 unspecified atom stereocenters. The van der Waals surface area contributed by atoms with Crippen LogP contribution in [-0.4, -0.2) is 47.4 Å².